The molecule has 6 atom stereocenters. The summed E-state index contributed by atoms with van der Waals surface area (Å²) in [5, 5.41) is 10.6. The molecule has 0 rings (SSSR count). The zero-order valence-corrected chi connectivity index (χ0v) is 63.2. The van der Waals surface area contributed by atoms with Crippen LogP contribution in [0.4, 0.5) is 0 Å². The van der Waals surface area contributed by atoms with Gasteiger partial charge in [0.25, 0.3) is 0 Å². The van der Waals surface area contributed by atoms with Crippen LogP contribution < -0.4 is 0 Å². The van der Waals surface area contributed by atoms with Crippen molar-refractivity contribution in [1.82, 2.24) is 0 Å². The number of carbonyl (C=O) groups is 4. The number of aliphatic hydroxyl groups excluding tert-OH is 1. The van der Waals surface area contributed by atoms with E-state index in [1.54, 1.807) is 0 Å². The summed E-state index contributed by atoms with van der Waals surface area (Å²) in [6.07, 6.45) is 51.3. The van der Waals surface area contributed by atoms with E-state index >= 15 is 0 Å². The quantitative estimate of drug-likeness (QED) is 0.0222. The molecule has 0 saturated heterocycles. The second-order valence-corrected chi connectivity index (χ2v) is 31.1. The summed E-state index contributed by atoms with van der Waals surface area (Å²) in [6, 6.07) is 0. The largest absolute Gasteiger partial charge is 0.472 e. The molecule has 0 aliphatic rings. The maximum absolute atomic E-state index is 13.1. The first-order chi connectivity index (χ1) is 45.3. The van der Waals surface area contributed by atoms with E-state index in [-0.39, 0.29) is 25.7 Å². The van der Waals surface area contributed by atoms with E-state index in [4.69, 9.17) is 37.0 Å². The molecule has 0 aliphatic heterocycles. The zero-order valence-electron chi connectivity index (χ0n) is 61.4. The average Bonchev–Trinajstić information content (AvgIpc) is 1.35. The highest BCUT2D eigenvalue weighted by molar-refractivity contribution is 7.47. The van der Waals surface area contributed by atoms with Gasteiger partial charge < -0.3 is 33.8 Å². The Bertz CT molecular complexity index is 1840. The van der Waals surface area contributed by atoms with Crippen molar-refractivity contribution in [2.45, 2.75) is 401 Å². The lowest BCUT2D eigenvalue weighted by Crippen LogP contribution is -2.30. The van der Waals surface area contributed by atoms with Crippen LogP contribution in [0, 0.1) is 17.8 Å². The third-order valence-corrected chi connectivity index (χ3v) is 19.6. The first-order valence-corrected chi connectivity index (χ1v) is 41.9. The van der Waals surface area contributed by atoms with Crippen molar-refractivity contribution in [3.63, 3.8) is 0 Å². The fraction of sp³-hybridized carbons (Fsp3) is 0.947. The van der Waals surface area contributed by atoms with Crippen molar-refractivity contribution >= 4 is 39.5 Å². The highest BCUT2D eigenvalue weighted by Crippen LogP contribution is 2.45. The zero-order chi connectivity index (χ0) is 69.4. The molecule has 0 aromatic heterocycles. The van der Waals surface area contributed by atoms with Gasteiger partial charge in [0.2, 0.25) is 0 Å². The minimum Gasteiger partial charge on any atom is -0.462 e. The highest BCUT2D eigenvalue weighted by atomic mass is 31.2. The van der Waals surface area contributed by atoms with E-state index in [9.17, 15) is 43.2 Å². The van der Waals surface area contributed by atoms with Gasteiger partial charge >= 0.3 is 39.5 Å². The first-order valence-electron chi connectivity index (χ1n) is 38.9. The summed E-state index contributed by atoms with van der Waals surface area (Å²) in [7, 11) is -9.91. The Kier molecular flexibility index (Phi) is 64.3. The molecule has 0 radical (unpaired) electrons. The van der Waals surface area contributed by atoms with Gasteiger partial charge in [-0.2, -0.15) is 0 Å². The van der Waals surface area contributed by atoms with E-state index in [2.05, 4.69) is 48.5 Å². The van der Waals surface area contributed by atoms with Gasteiger partial charge in [-0.3, -0.25) is 37.3 Å². The number of hydrogen-bond donors (Lipinski definition) is 3. The van der Waals surface area contributed by atoms with Crippen molar-refractivity contribution in [3.8, 4) is 0 Å². The fourth-order valence-corrected chi connectivity index (χ4v) is 13.0. The number of carbonyl (C=O) groups excluding carboxylic acids is 4. The number of hydrogen-bond acceptors (Lipinski definition) is 15. The van der Waals surface area contributed by atoms with Gasteiger partial charge in [0.15, 0.2) is 12.2 Å². The van der Waals surface area contributed by atoms with Crippen LogP contribution in [-0.4, -0.2) is 96.7 Å². The van der Waals surface area contributed by atoms with Gasteiger partial charge in [-0.05, 0) is 43.4 Å². The van der Waals surface area contributed by atoms with E-state index in [0.29, 0.717) is 31.6 Å². The van der Waals surface area contributed by atoms with Crippen LogP contribution in [0.1, 0.15) is 382 Å². The van der Waals surface area contributed by atoms with Crippen molar-refractivity contribution < 1.29 is 80.2 Å². The molecule has 94 heavy (non-hydrogen) atoms. The van der Waals surface area contributed by atoms with Gasteiger partial charge in [-0.1, -0.05) is 331 Å². The summed E-state index contributed by atoms with van der Waals surface area (Å²) < 4.78 is 68.5. The second-order valence-electron chi connectivity index (χ2n) is 28.2. The third-order valence-electron chi connectivity index (χ3n) is 17.7. The predicted octanol–water partition coefficient (Wildman–Crippen LogP) is 21.8. The fourth-order valence-electron chi connectivity index (χ4n) is 11.4. The number of unbranched alkanes of at least 4 members (excludes halogenated alkanes) is 40. The van der Waals surface area contributed by atoms with Crippen molar-refractivity contribution in [1.29, 1.82) is 0 Å². The van der Waals surface area contributed by atoms with Crippen LogP contribution in [-0.2, 0) is 65.4 Å². The van der Waals surface area contributed by atoms with E-state index in [0.717, 1.165) is 108 Å². The molecule has 17 nitrogen and oxygen atoms in total. The van der Waals surface area contributed by atoms with Gasteiger partial charge in [-0.25, -0.2) is 9.13 Å². The van der Waals surface area contributed by atoms with Gasteiger partial charge in [0.1, 0.15) is 19.3 Å². The molecule has 19 heteroatoms. The summed E-state index contributed by atoms with van der Waals surface area (Å²) in [6.45, 7) is 11.9. The molecule has 3 N–H and O–H groups in total. The van der Waals surface area contributed by atoms with Crippen LogP contribution in [0.2, 0.25) is 0 Å². The molecular weight excluding hydrogens is 1230 g/mol. The number of esters is 4. The second kappa shape index (κ2) is 65.7. The Hall–Kier alpha value is -1.94. The van der Waals surface area contributed by atoms with Gasteiger partial charge in [0, 0.05) is 25.7 Å². The molecule has 0 aromatic rings. The molecule has 0 aromatic carbocycles. The van der Waals surface area contributed by atoms with Crippen LogP contribution in [0.25, 0.3) is 0 Å². The van der Waals surface area contributed by atoms with Gasteiger partial charge in [0.05, 0.1) is 26.4 Å². The lowest BCUT2D eigenvalue weighted by Gasteiger charge is -2.21. The lowest BCUT2D eigenvalue weighted by atomic mass is 9.99. The number of rotatable bonds is 73. The predicted molar refractivity (Wildman–Crippen MR) is 381 cm³/mol. The Balaban J connectivity index is 5.24. The Labute approximate surface area is 575 Å². The van der Waals surface area contributed by atoms with Crippen LogP contribution in [0.3, 0.4) is 0 Å². The first kappa shape index (κ1) is 92.1. The normalized spacial score (nSPS) is 14.4. The number of aliphatic hydroxyl groups is 1. The van der Waals surface area contributed by atoms with Crippen molar-refractivity contribution in [2.75, 3.05) is 39.6 Å². The van der Waals surface area contributed by atoms with Gasteiger partial charge in [-0.15, -0.1) is 0 Å². The number of phosphoric acid groups is 2. The molecular formula is C75H146O17P2. The Morgan fingerprint density at radius 2 is 0.543 bits per heavy atom. The smallest absolute Gasteiger partial charge is 0.462 e. The molecule has 3 unspecified atom stereocenters. The van der Waals surface area contributed by atoms with Crippen LogP contribution in [0.15, 0.2) is 0 Å². The topological polar surface area (TPSA) is 237 Å². The molecule has 0 bridgehead atoms. The molecule has 0 aliphatic carbocycles. The molecule has 558 valence electrons. The van der Waals surface area contributed by atoms with Crippen LogP contribution >= 0.6 is 15.6 Å². The standard InChI is InChI=1S/C75H146O17P2/c1-8-10-11-12-13-14-15-24-30-35-44-51-58-74(79)92-71(63-86-73(78)57-50-43-38-37-40-47-54-67(5)6)65-90-94(83,84)88-61-69(76)60-87-93(81,82)89-64-70(62-85-72(77)56-49-42-34-29-25-21-20-22-27-32-39-46-53-66(3)4)91-75(80)59-52-45-36-31-26-19-17-16-18-23-28-33-41-48-55-68(7)9-2/h66-71,76H,8-65H2,1-7H3,(H,81,82)(H,83,84)/t68?,69-,70-,71-/m1/s1. The molecule has 0 spiro atoms. The Morgan fingerprint density at radius 1 is 0.309 bits per heavy atom. The lowest BCUT2D eigenvalue weighted by molar-refractivity contribution is -0.161. The summed E-state index contributed by atoms with van der Waals surface area (Å²) in [5.41, 5.74) is 0. The SMILES string of the molecule is CCCCCCCCCCCCCCC(=O)O[C@H](COC(=O)CCCCCCCCC(C)C)COP(=O)(O)OC[C@H](O)COP(=O)(O)OC[C@@H](COC(=O)CCCCCCCCCCCCCCC(C)C)OC(=O)CCCCCCCCCCCCCCCCC(C)CC. The average molecular weight is 1380 g/mol. The van der Waals surface area contributed by atoms with Crippen molar-refractivity contribution in [3.05, 3.63) is 0 Å². The third kappa shape index (κ3) is 67.3. The van der Waals surface area contributed by atoms with E-state index in [1.807, 2.05) is 0 Å². The monoisotopic (exact) mass is 1380 g/mol. The summed E-state index contributed by atoms with van der Waals surface area (Å²) in [5.74, 6) is 0.187. The number of phosphoric ester groups is 2. The minimum absolute atomic E-state index is 0.106. The van der Waals surface area contributed by atoms with Crippen molar-refractivity contribution in [2.24, 2.45) is 17.8 Å². The molecule has 0 amide bonds. The van der Waals surface area contributed by atoms with Crippen LogP contribution in [0.5, 0.6) is 0 Å². The molecule has 0 heterocycles. The number of ether oxygens (including phenoxy) is 4. The maximum atomic E-state index is 13.1. The summed E-state index contributed by atoms with van der Waals surface area (Å²) in [4.78, 5) is 72.7. The van der Waals surface area contributed by atoms with E-state index in [1.165, 1.54) is 186 Å². The highest BCUT2D eigenvalue weighted by Gasteiger charge is 2.30. The Morgan fingerprint density at radius 3 is 0.809 bits per heavy atom. The minimum atomic E-state index is -4.96. The molecule has 0 fully saturated rings. The maximum Gasteiger partial charge on any atom is 0.472 e. The molecule has 0 saturated carbocycles. The van der Waals surface area contributed by atoms with E-state index < -0.39 is 97.5 Å². The summed E-state index contributed by atoms with van der Waals surface area (Å²) >= 11 is 0.